The largest absolute Gasteiger partial charge is 0.325 e. The molecule has 0 bridgehead atoms. The summed E-state index contributed by atoms with van der Waals surface area (Å²) < 4.78 is 0. The summed E-state index contributed by atoms with van der Waals surface area (Å²) in [5, 5.41) is 8.64. The Balaban J connectivity index is 0.000000845. The second kappa shape index (κ2) is 3.96. The highest BCUT2D eigenvalue weighted by Gasteiger charge is 2.02. The van der Waals surface area contributed by atoms with Crippen LogP contribution in [0.4, 0.5) is 0 Å². The number of hydrogen-bond acceptors (Lipinski definition) is 2. The van der Waals surface area contributed by atoms with Gasteiger partial charge in [-0.1, -0.05) is 11.6 Å². The quantitative estimate of drug-likeness (QED) is 0.769. The minimum atomic E-state index is 0. The number of nitrogens with one attached hydrogen (secondary N) is 1. The standard InChI is InChI=1S/C8H8ClN3.ClH/c9-5-1-2-7-6(3-5)8(4-10)12-11-7;/h1-3H,4,10H2,(H,11,12);1H. The summed E-state index contributed by atoms with van der Waals surface area (Å²) in [6.07, 6.45) is 0. The van der Waals surface area contributed by atoms with Gasteiger partial charge in [-0.2, -0.15) is 5.10 Å². The topological polar surface area (TPSA) is 54.7 Å². The molecule has 13 heavy (non-hydrogen) atoms. The van der Waals surface area contributed by atoms with Gasteiger partial charge in [-0.3, -0.25) is 5.10 Å². The molecule has 0 radical (unpaired) electrons. The second-order valence-corrected chi connectivity index (χ2v) is 3.00. The van der Waals surface area contributed by atoms with Crippen molar-refractivity contribution in [3.63, 3.8) is 0 Å². The minimum absolute atomic E-state index is 0. The van der Waals surface area contributed by atoms with Gasteiger partial charge in [0, 0.05) is 17.0 Å². The monoisotopic (exact) mass is 217 g/mol. The summed E-state index contributed by atoms with van der Waals surface area (Å²) in [7, 11) is 0. The van der Waals surface area contributed by atoms with Gasteiger partial charge in [-0.15, -0.1) is 12.4 Å². The van der Waals surface area contributed by atoms with Crippen molar-refractivity contribution in [3.8, 4) is 0 Å². The second-order valence-electron chi connectivity index (χ2n) is 2.56. The number of halogens is 2. The van der Waals surface area contributed by atoms with Crippen LogP contribution in [0.25, 0.3) is 10.9 Å². The molecular formula is C8H9Cl2N3. The average Bonchev–Trinajstić information content (AvgIpc) is 2.46. The lowest BCUT2D eigenvalue weighted by Crippen LogP contribution is -1.96. The molecule has 3 nitrogen and oxygen atoms in total. The number of rotatable bonds is 1. The van der Waals surface area contributed by atoms with Crippen LogP contribution >= 0.6 is 24.0 Å². The molecule has 0 aliphatic rings. The summed E-state index contributed by atoms with van der Waals surface area (Å²) in [5.74, 6) is 0. The smallest absolute Gasteiger partial charge is 0.0836 e. The van der Waals surface area contributed by atoms with Crippen molar-refractivity contribution in [2.45, 2.75) is 6.54 Å². The summed E-state index contributed by atoms with van der Waals surface area (Å²) in [5.41, 5.74) is 7.31. The lowest BCUT2D eigenvalue weighted by Gasteiger charge is -1.91. The minimum Gasteiger partial charge on any atom is -0.325 e. The van der Waals surface area contributed by atoms with Crippen LogP contribution < -0.4 is 5.73 Å². The van der Waals surface area contributed by atoms with Crippen molar-refractivity contribution in [2.75, 3.05) is 0 Å². The Morgan fingerprint density at radius 3 is 2.92 bits per heavy atom. The maximum Gasteiger partial charge on any atom is 0.0836 e. The van der Waals surface area contributed by atoms with Crippen molar-refractivity contribution in [1.82, 2.24) is 10.2 Å². The number of hydrogen-bond donors (Lipinski definition) is 2. The van der Waals surface area contributed by atoms with Crippen LogP contribution in [-0.4, -0.2) is 10.2 Å². The maximum absolute atomic E-state index is 5.82. The zero-order valence-electron chi connectivity index (χ0n) is 6.75. The van der Waals surface area contributed by atoms with Gasteiger partial charge in [-0.05, 0) is 18.2 Å². The molecule has 0 saturated heterocycles. The van der Waals surface area contributed by atoms with E-state index in [-0.39, 0.29) is 12.4 Å². The van der Waals surface area contributed by atoms with Crippen molar-refractivity contribution in [1.29, 1.82) is 0 Å². The number of nitrogens with two attached hydrogens (primary N) is 1. The first kappa shape index (κ1) is 10.3. The van der Waals surface area contributed by atoms with Gasteiger partial charge < -0.3 is 5.73 Å². The molecule has 1 heterocycles. The third kappa shape index (κ3) is 1.77. The van der Waals surface area contributed by atoms with Gasteiger partial charge in [0.05, 0.1) is 11.2 Å². The van der Waals surface area contributed by atoms with E-state index in [1.807, 2.05) is 18.2 Å². The van der Waals surface area contributed by atoms with Gasteiger partial charge in [0.2, 0.25) is 0 Å². The molecule has 0 fully saturated rings. The van der Waals surface area contributed by atoms with Gasteiger partial charge >= 0.3 is 0 Å². The van der Waals surface area contributed by atoms with Crippen LogP contribution in [0.5, 0.6) is 0 Å². The first-order valence-corrected chi connectivity index (χ1v) is 4.01. The van der Waals surface area contributed by atoms with E-state index in [0.717, 1.165) is 16.6 Å². The molecule has 1 aromatic heterocycles. The molecule has 70 valence electrons. The van der Waals surface area contributed by atoms with E-state index >= 15 is 0 Å². The molecule has 0 saturated carbocycles. The Bertz CT molecular complexity index is 411. The summed E-state index contributed by atoms with van der Waals surface area (Å²) >= 11 is 5.82. The third-order valence-corrected chi connectivity index (χ3v) is 2.03. The van der Waals surface area contributed by atoms with Crippen molar-refractivity contribution < 1.29 is 0 Å². The summed E-state index contributed by atoms with van der Waals surface area (Å²) in [6, 6.07) is 5.58. The third-order valence-electron chi connectivity index (χ3n) is 1.80. The van der Waals surface area contributed by atoms with E-state index in [1.54, 1.807) is 0 Å². The van der Waals surface area contributed by atoms with Crippen LogP contribution in [0.3, 0.4) is 0 Å². The summed E-state index contributed by atoms with van der Waals surface area (Å²) in [6.45, 7) is 0.431. The zero-order chi connectivity index (χ0) is 8.55. The highest BCUT2D eigenvalue weighted by molar-refractivity contribution is 6.31. The molecule has 3 N–H and O–H groups in total. The molecule has 0 aliphatic heterocycles. The fraction of sp³-hybridized carbons (Fsp3) is 0.125. The lowest BCUT2D eigenvalue weighted by atomic mass is 10.2. The van der Waals surface area contributed by atoms with E-state index < -0.39 is 0 Å². The average molecular weight is 218 g/mol. The Morgan fingerprint density at radius 2 is 2.23 bits per heavy atom. The number of H-pyrrole nitrogens is 1. The fourth-order valence-electron chi connectivity index (χ4n) is 1.20. The van der Waals surface area contributed by atoms with E-state index in [4.69, 9.17) is 17.3 Å². The Hall–Kier alpha value is -0.770. The van der Waals surface area contributed by atoms with Crippen molar-refractivity contribution in [3.05, 3.63) is 28.9 Å². The first-order chi connectivity index (χ1) is 5.81. The van der Waals surface area contributed by atoms with E-state index in [1.165, 1.54) is 0 Å². The van der Waals surface area contributed by atoms with Crippen LogP contribution in [0.15, 0.2) is 18.2 Å². The fourth-order valence-corrected chi connectivity index (χ4v) is 1.37. The molecule has 0 amide bonds. The highest BCUT2D eigenvalue weighted by atomic mass is 35.5. The first-order valence-electron chi connectivity index (χ1n) is 3.64. The van der Waals surface area contributed by atoms with Gasteiger partial charge in [0.15, 0.2) is 0 Å². The zero-order valence-corrected chi connectivity index (χ0v) is 8.32. The molecule has 0 spiro atoms. The predicted molar refractivity (Wildman–Crippen MR) is 56.2 cm³/mol. The van der Waals surface area contributed by atoms with Gasteiger partial charge in [0.25, 0.3) is 0 Å². The normalized spacial score (nSPS) is 10.0. The molecule has 0 atom stereocenters. The number of aromatic nitrogens is 2. The van der Waals surface area contributed by atoms with Crippen molar-refractivity contribution in [2.24, 2.45) is 5.73 Å². The number of aromatic amines is 1. The molecule has 5 heteroatoms. The van der Waals surface area contributed by atoms with Crippen LogP contribution in [0, 0.1) is 0 Å². The lowest BCUT2D eigenvalue weighted by molar-refractivity contribution is 0.959. The SMILES string of the molecule is Cl.NCc1n[nH]c2ccc(Cl)cc12. The van der Waals surface area contributed by atoms with Crippen LogP contribution in [0.1, 0.15) is 5.69 Å². The highest BCUT2D eigenvalue weighted by Crippen LogP contribution is 2.19. The van der Waals surface area contributed by atoms with Gasteiger partial charge in [0.1, 0.15) is 0 Å². The van der Waals surface area contributed by atoms with Gasteiger partial charge in [-0.25, -0.2) is 0 Å². The molecule has 2 rings (SSSR count). The molecule has 2 aromatic rings. The van der Waals surface area contributed by atoms with Crippen molar-refractivity contribution >= 4 is 34.9 Å². The Labute approximate surface area is 86.7 Å². The predicted octanol–water partition coefficient (Wildman–Crippen LogP) is 2.10. The maximum atomic E-state index is 5.82. The molecule has 0 unspecified atom stereocenters. The van der Waals surface area contributed by atoms with E-state index in [0.29, 0.717) is 11.6 Å². The number of nitrogens with zero attached hydrogens (tertiary/aromatic N) is 1. The molecule has 1 aromatic carbocycles. The Morgan fingerprint density at radius 1 is 1.46 bits per heavy atom. The number of benzene rings is 1. The Kier molecular flexibility index (Phi) is 3.14. The molecule has 0 aliphatic carbocycles. The molecular weight excluding hydrogens is 209 g/mol. The van der Waals surface area contributed by atoms with E-state index in [2.05, 4.69) is 10.2 Å². The van der Waals surface area contributed by atoms with Crippen LogP contribution in [-0.2, 0) is 6.54 Å². The van der Waals surface area contributed by atoms with E-state index in [9.17, 15) is 0 Å². The number of fused-ring (bicyclic) bond motifs is 1. The summed E-state index contributed by atoms with van der Waals surface area (Å²) in [4.78, 5) is 0. The van der Waals surface area contributed by atoms with Crippen LogP contribution in [0.2, 0.25) is 5.02 Å².